The molecule has 0 unspecified atom stereocenters. The number of halogens is 1. The van der Waals surface area contributed by atoms with Crippen LogP contribution in [-0.2, 0) is 6.54 Å². The van der Waals surface area contributed by atoms with Crippen LogP contribution in [0.2, 0.25) is 0 Å². The first-order valence-corrected chi connectivity index (χ1v) is 5.91. The summed E-state index contributed by atoms with van der Waals surface area (Å²) in [6, 6.07) is 1.25. The number of nitrogens with zero attached hydrogens (tertiary/aromatic N) is 2. The minimum Gasteiger partial charge on any atom is -0.308 e. The van der Waals surface area contributed by atoms with E-state index in [0.29, 0.717) is 16.9 Å². The van der Waals surface area contributed by atoms with Gasteiger partial charge in [0.05, 0.1) is 4.92 Å². The highest BCUT2D eigenvalue weighted by Crippen LogP contribution is 2.28. The lowest BCUT2D eigenvalue weighted by atomic mass is 9.85. The van der Waals surface area contributed by atoms with Crippen molar-refractivity contribution < 1.29 is 4.92 Å². The van der Waals surface area contributed by atoms with Crippen LogP contribution < -0.4 is 5.56 Å². The highest BCUT2D eigenvalue weighted by molar-refractivity contribution is 9.10. The highest BCUT2D eigenvalue weighted by Gasteiger charge is 2.21. The van der Waals surface area contributed by atoms with E-state index < -0.39 is 10.5 Å². The summed E-state index contributed by atoms with van der Waals surface area (Å²) in [5.74, 6) is 0.492. The van der Waals surface area contributed by atoms with Gasteiger partial charge in [0.2, 0.25) is 0 Å². The van der Waals surface area contributed by atoms with Gasteiger partial charge in [-0.3, -0.25) is 14.9 Å². The molecule has 2 rings (SSSR count). The predicted molar refractivity (Wildman–Crippen MR) is 62.4 cm³/mol. The van der Waals surface area contributed by atoms with Gasteiger partial charge in [0, 0.05) is 23.3 Å². The summed E-state index contributed by atoms with van der Waals surface area (Å²) in [7, 11) is 0. The third-order valence-electron chi connectivity index (χ3n) is 2.91. The summed E-state index contributed by atoms with van der Waals surface area (Å²) in [4.78, 5) is 21.8. The second-order valence-electron chi connectivity index (χ2n) is 4.06. The van der Waals surface area contributed by atoms with Gasteiger partial charge in [0.15, 0.2) is 0 Å². The second kappa shape index (κ2) is 4.37. The molecule has 0 N–H and O–H groups in total. The van der Waals surface area contributed by atoms with Crippen LogP contribution in [0.4, 0.5) is 5.69 Å². The van der Waals surface area contributed by atoms with Crippen molar-refractivity contribution in [3.05, 3.63) is 37.2 Å². The fourth-order valence-electron chi connectivity index (χ4n) is 1.80. The normalized spacial score (nSPS) is 15.8. The number of aromatic nitrogens is 1. The maximum absolute atomic E-state index is 11.7. The average Bonchev–Trinajstić information content (AvgIpc) is 2.15. The van der Waals surface area contributed by atoms with Gasteiger partial charge < -0.3 is 4.57 Å². The van der Waals surface area contributed by atoms with Crippen LogP contribution in [0.3, 0.4) is 0 Å². The molecule has 16 heavy (non-hydrogen) atoms. The van der Waals surface area contributed by atoms with Crippen LogP contribution in [0.25, 0.3) is 0 Å². The van der Waals surface area contributed by atoms with Crippen LogP contribution in [0.15, 0.2) is 21.5 Å². The van der Waals surface area contributed by atoms with E-state index in [1.807, 2.05) is 0 Å². The van der Waals surface area contributed by atoms with Crippen LogP contribution in [0.5, 0.6) is 0 Å². The molecule has 0 atom stereocenters. The fraction of sp³-hybridized carbons (Fsp3) is 0.500. The van der Waals surface area contributed by atoms with E-state index in [1.165, 1.54) is 17.1 Å². The summed E-state index contributed by atoms with van der Waals surface area (Å²) in [5.41, 5.74) is -0.881. The SMILES string of the molecule is O=c1c([N+](=O)[O-])cc(Br)cn1CC1CCC1. The molecule has 0 radical (unpaired) electrons. The third-order valence-corrected chi connectivity index (χ3v) is 3.34. The Kier molecular flexibility index (Phi) is 3.09. The van der Waals surface area contributed by atoms with Crippen molar-refractivity contribution in [2.24, 2.45) is 5.92 Å². The molecule has 1 saturated carbocycles. The Morgan fingerprint density at radius 1 is 1.56 bits per heavy atom. The first-order chi connectivity index (χ1) is 7.58. The zero-order chi connectivity index (χ0) is 11.7. The van der Waals surface area contributed by atoms with E-state index in [4.69, 9.17) is 0 Å². The lowest BCUT2D eigenvalue weighted by Gasteiger charge is -2.25. The molecule has 0 bridgehead atoms. The Bertz CT molecular complexity index is 479. The summed E-state index contributed by atoms with van der Waals surface area (Å²) in [6.45, 7) is 0.582. The largest absolute Gasteiger partial charge is 0.335 e. The van der Waals surface area contributed by atoms with Crippen molar-refractivity contribution in [1.82, 2.24) is 4.57 Å². The molecule has 0 saturated heterocycles. The summed E-state index contributed by atoms with van der Waals surface area (Å²) >= 11 is 3.18. The lowest BCUT2D eigenvalue weighted by Crippen LogP contribution is -2.28. The van der Waals surface area contributed by atoms with E-state index in [1.54, 1.807) is 6.20 Å². The summed E-state index contributed by atoms with van der Waals surface area (Å²) in [6.07, 6.45) is 5.02. The zero-order valence-electron chi connectivity index (χ0n) is 8.56. The third kappa shape index (κ3) is 2.16. The monoisotopic (exact) mass is 286 g/mol. The number of nitro groups is 1. The molecule has 1 heterocycles. The fourth-order valence-corrected chi connectivity index (χ4v) is 2.27. The van der Waals surface area contributed by atoms with Gasteiger partial charge in [-0.15, -0.1) is 0 Å². The van der Waals surface area contributed by atoms with Crippen LogP contribution in [0.1, 0.15) is 19.3 Å². The smallest absolute Gasteiger partial charge is 0.308 e. The van der Waals surface area contributed by atoms with Gasteiger partial charge in [0.25, 0.3) is 0 Å². The maximum atomic E-state index is 11.7. The molecule has 1 aliphatic rings. The molecule has 1 aromatic heterocycles. The van der Waals surface area contributed by atoms with E-state index in [9.17, 15) is 14.9 Å². The van der Waals surface area contributed by atoms with Gasteiger partial charge in [0.1, 0.15) is 0 Å². The summed E-state index contributed by atoms with van der Waals surface area (Å²) in [5, 5.41) is 10.7. The van der Waals surface area contributed by atoms with Gasteiger partial charge in [-0.1, -0.05) is 6.42 Å². The zero-order valence-corrected chi connectivity index (χ0v) is 10.1. The molecule has 1 aliphatic carbocycles. The maximum Gasteiger partial charge on any atom is 0.335 e. The van der Waals surface area contributed by atoms with Crippen LogP contribution in [0, 0.1) is 16.0 Å². The topological polar surface area (TPSA) is 65.1 Å². The average molecular weight is 287 g/mol. The van der Waals surface area contributed by atoms with Gasteiger partial charge in [-0.05, 0) is 34.7 Å². The molecule has 86 valence electrons. The Labute approximate surface area is 100 Å². The molecule has 6 heteroatoms. The lowest BCUT2D eigenvalue weighted by molar-refractivity contribution is -0.386. The Hall–Kier alpha value is -1.17. The van der Waals surface area contributed by atoms with E-state index in [-0.39, 0.29) is 5.69 Å². The van der Waals surface area contributed by atoms with E-state index >= 15 is 0 Å². The van der Waals surface area contributed by atoms with Crippen LogP contribution >= 0.6 is 15.9 Å². The van der Waals surface area contributed by atoms with Gasteiger partial charge in [-0.25, -0.2) is 0 Å². The minimum absolute atomic E-state index is 0.367. The van der Waals surface area contributed by atoms with Crippen LogP contribution in [-0.4, -0.2) is 9.49 Å². The van der Waals surface area contributed by atoms with E-state index in [0.717, 1.165) is 12.8 Å². The van der Waals surface area contributed by atoms with Crippen molar-refractivity contribution in [2.75, 3.05) is 0 Å². The van der Waals surface area contributed by atoms with Crippen molar-refractivity contribution >= 4 is 21.6 Å². The molecule has 0 aliphatic heterocycles. The van der Waals surface area contributed by atoms with Crippen molar-refractivity contribution in [3.8, 4) is 0 Å². The minimum atomic E-state index is -0.635. The molecule has 0 amide bonds. The van der Waals surface area contributed by atoms with Crippen molar-refractivity contribution in [1.29, 1.82) is 0 Å². The quantitative estimate of drug-likeness (QED) is 0.633. The molecule has 1 fully saturated rings. The van der Waals surface area contributed by atoms with E-state index in [2.05, 4.69) is 15.9 Å². The summed E-state index contributed by atoms with van der Waals surface area (Å²) < 4.78 is 2.00. The highest BCUT2D eigenvalue weighted by atomic mass is 79.9. The Balaban J connectivity index is 2.36. The first-order valence-electron chi connectivity index (χ1n) is 5.12. The molecule has 0 aromatic carbocycles. The van der Waals surface area contributed by atoms with Crippen molar-refractivity contribution in [2.45, 2.75) is 25.8 Å². The molecular weight excluding hydrogens is 276 g/mol. The number of hydrogen-bond acceptors (Lipinski definition) is 3. The van der Waals surface area contributed by atoms with Gasteiger partial charge in [-0.2, -0.15) is 0 Å². The molecule has 5 nitrogen and oxygen atoms in total. The Morgan fingerprint density at radius 3 is 2.75 bits per heavy atom. The first kappa shape index (κ1) is 11.3. The Morgan fingerprint density at radius 2 is 2.25 bits per heavy atom. The number of pyridine rings is 1. The standard InChI is InChI=1S/C10H11BrN2O3/c11-8-4-9(13(15)16)10(14)12(6-8)5-7-2-1-3-7/h4,6-7H,1-3,5H2. The van der Waals surface area contributed by atoms with Crippen molar-refractivity contribution in [3.63, 3.8) is 0 Å². The molecular formula is C10H11BrN2O3. The second-order valence-corrected chi connectivity index (χ2v) is 4.97. The number of rotatable bonds is 3. The molecule has 1 aromatic rings. The molecule has 0 spiro atoms. The predicted octanol–water partition coefficient (Wildman–Crippen LogP) is 2.32. The number of hydrogen-bond donors (Lipinski definition) is 0. The van der Waals surface area contributed by atoms with Gasteiger partial charge >= 0.3 is 11.2 Å².